The second-order valence-corrected chi connectivity index (χ2v) is 9.11. The van der Waals surface area contributed by atoms with Crippen molar-refractivity contribution in [3.05, 3.63) is 59.2 Å². The molecule has 2 aromatic carbocycles. The summed E-state index contributed by atoms with van der Waals surface area (Å²) in [5.41, 5.74) is -2.37. The van der Waals surface area contributed by atoms with Gasteiger partial charge in [0.25, 0.3) is 10.0 Å². The molecule has 1 saturated heterocycles. The maximum atomic E-state index is 13.0. The Labute approximate surface area is 175 Å². The average Bonchev–Trinajstić information content (AvgIpc) is 2.63. The molecule has 0 aromatic heterocycles. The number of nitrogens with one attached hydrogen (secondary N) is 1. The first-order valence-corrected chi connectivity index (χ1v) is 10.9. The highest BCUT2D eigenvalue weighted by Gasteiger charge is 2.38. The topological polar surface area (TPSA) is 49.4 Å². The van der Waals surface area contributed by atoms with Crippen LogP contribution in [0, 0.1) is 0 Å². The van der Waals surface area contributed by atoms with E-state index in [-0.39, 0.29) is 23.9 Å². The Balaban J connectivity index is 1.82. The number of likely N-dealkylation sites (tertiary alicyclic amines) is 1. The summed E-state index contributed by atoms with van der Waals surface area (Å²) in [6.07, 6.45) is -9.23. The summed E-state index contributed by atoms with van der Waals surface area (Å²) >= 11 is 0. The van der Waals surface area contributed by atoms with Crippen LogP contribution in [0.5, 0.6) is 0 Å². The zero-order valence-electron chi connectivity index (χ0n) is 16.4. The molecule has 3 rings (SSSR count). The Morgan fingerprint density at radius 3 is 1.90 bits per heavy atom. The number of alkyl halides is 6. The van der Waals surface area contributed by atoms with Gasteiger partial charge in [-0.1, -0.05) is 19.1 Å². The van der Waals surface area contributed by atoms with Crippen molar-refractivity contribution in [2.45, 2.75) is 36.5 Å². The molecule has 0 atom stereocenters. The number of halogens is 6. The number of nitrogens with zero attached hydrogens (tertiary/aromatic N) is 1. The largest absolute Gasteiger partial charge is 0.416 e. The van der Waals surface area contributed by atoms with Gasteiger partial charge in [0.15, 0.2) is 0 Å². The molecule has 2 aromatic rings. The summed E-state index contributed by atoms with van der Waals surface area (Å²) in [4.78, 5) is 1.15. The van der Waals surface area contributed by atoms with E-state index < -0.39 is 38.4 Å². The van der Waals surface area contributed by atoms with Gasteiger partial charge in [0, 0.05) is 24.7 Å². The van der Waals surface area contributed by atoms with Crippen LogP contribution in [-0.4, -0.2) is 33.0 Å². The number of benzene rings is 2. The molecule has 0 spiro atoms. The molecule has 0 saturated carbocycles. The summed E-state index contributed by atoms with van der Waals surface area (Å²) in [5, 5.41) is 0. The summed E-state index contributed by atoms with van der Waals surface area (Å²) in [7, 11) is -4.68. The van der Waals surface area contributed by atoms with Gasteiger partial charge in [-0.05, 0) is 48.9 Å². The standard InChI is InChI=1S/C20H20F6N2O2S/c1-2-7-28-11-14(12-28)13-3-5-17(6-4-13)27-31(29,30)18-9-15(19(21,22)23)8-16(10-18)20(24,25)26/h3-6,8-10,14,27H,2,7,11-12H2,1H3. The van der Waals surface area contributed by atoms with E-state index in [1.54, 1.807) is 12.1 Å². The van der Waals surface area contributed by atoms with Gasteiger partial charge in [0.05, 0.1) is 16.0 Å². The molecular formula is C20H20F6N2O2S. The van der Waals surface area contributed by atoms with Gasteiger partial charge in [-0.3, -0.25) is 4.72 Å². The molecule has 0 bridgehead atoms. The molecule has 0 aliphatic carbocycles. The highest BCUT2D eigenvalue weighted by atomic mass is 32.2. The van der Waals surface area contributed by atoms with Gasteiger partial charge >= 0.3 is 12.4 Å². The number of hydrogen-bond donors (Lipinski definition) is 1. The predicted octanol–water partition coefficient (Wildman–Crippen LogP) is 5.33. The van der Waals surface area contributed by atoms with Crippen molar-refractivity contribution in [2.75, 3.05) is 24.4 Å². The molecule has 0 amide bonds. The number of hydrogen-bond acceptors (Lipinski definition) is 3. The first-order valence-electron chi connectivity index (χ1n) is 9.44. The number of rotatable bonds is 6. The zero-order chi connectivity index (χ0) is 23.0. The molecule has 11 heteroatoms. The molecule has 0 radical (unpaired) electrons. The van der Waals surface area contributed by atoms with Crippen LogP contribution >= 0.6 is 0 Å². The zero-order valence-corrected chi connectivity index (χ0v) is 17.2. The first-order chi connectivity index (χ1) is 14.3. The molecule has 31 heavy (non-hydrogen) atoms. The van der Waals surface area contributed by atoms with Crippen molar-refractivity contribution in [3.63, 3.8) is 0 Å². The van der Waals surface area contributed by atoms with Crippen molar-refractivity contribution in [2.24, 2.45) is 0 Å². The SMILES string of the molecule is CCCN1CC(c2ccc(NS(=O)(=O)c3cc(C(F)(F)F)cc(C(F)(F)F)c3)cc2)C1. The molecule has 1 aliphatic heterocycles. The normalized spacial score (nSPS) is 16.2. The van der Waals surface area contributed by atoms with Crippen molar-refractivity contribution in [3.8, 4) is 0 Å². The van der Waals surface area contributed by atoms with E-state index in [9.17, 15) is 34.8 Å². The smallest absolute Gasteiger partial charge is 0.302 e. The lowest BCUT2D eigenvalue weighted by Gasteiger charge is -2.39. The molecule has 170 valence electrons. The average molecular weight is 466 g/mol. The summed E-state index contributed by atoms with van der Waals surface area (Å²) < 4.78 is 105. The third-order valence-corrected chi connectivity index (χ3v) is 6.36. The fourth-order valence-corrected chi connectivity index (χ4v) is 4.53. The monoisotopic (exact) mass is 466 g/mol. The maximum absolute atomic E-state index is 13.0. The van der Waals surface area contributed by atoms with E-state index in [2.05, 4.69) is 16.5 Å². The van der Waals surface area contributed by atoms with Crippen molar-refractivity contribution >= 4 is 15.7 Å². The number of sulfonamides is 1. The van der Waals surface area contributed by atoms with Crippen molar-refractivity contribution < 1.29 is 34.8 Å². The van der Waals surface area contributed by atoms with Crippen LogP contribution in [0.15, 0.2) is 47.4 Å². The van der Waals surface area contributed by atoms with E-state index in [0.29, 0.717) is 5.92 Å². The van der Waals surface area contributed by atoms with Crippen LogP contribution in [0.1, 0.15) is 36.0 Å². The molecule has 0 unspecified atom stereocenters. The van der Waals surface area contributed by atoms with Crippen LogP contribution in [0.2, 0.25) is 0 Å². The van der Waals surface area contributed by atoms with Gasteiger partial charge < -0.3 is 4.90 Å². The lowest BCUT2D eigenvalue weighted by molar-refractivity contribution is -0.143. The van der Waals surface area contributed by atoms with Crippen LogP contribution in [0.25, 0.3) is 0 Å². The minimum absolute atomic E-state index is 0.0412. The second kappa shape index (κ2) is 8.34. The fourth-order valence-electron chi connectivity index (χ4n) is 3.40. The maximum Gasteiger partial charge on any atom is 0.416 e. The van der Waals surface area contributed by atoms with Gasteiger partial charge in [0.2, 0.25) is 0 Å². The Morgan fingerprint density at radius 2 is 1.45 bits per heavy atom. The summed E-state index contributed by atoms with van der Waals surface area (Å²) in [6, 6.07) is 6.51. The van der Waals surface area contributed by atoms with Gasteiger partial charge in [0.1, 0.15) is 0 Å². The molecule has 1 fully saturated rings. The Bertz CT molecular complexity index is 995. The number of anilines is 1. The minimum atomic E-state index is -5.14. The first kappa shape index (κ1) is 23.4. The lowest BCUT2D eigenvalue weighted by atomic mass is 9.91. The summed E-state index contributed by atoms with van der Waals surface area (Å²) in [6.45, 7) is 4.83. The van der Waals surface area contributed by atoms with Gasteiger partial charge in [-0.25, -0.2) is 8.42 Å². The summed E-state index contributed by atoms with van der Waals surface area (Å²) in [5.74, 6) is 0.301. The minimum Gasteiger partial charge on any atom is -0.302 e. The highest BCUT2D eigenvalue weighted by Crippen LogP contribution is 2.37. The van der Waals surface area contributed by atoms with Crippen LogP contribution < -0.4 is 4.72 Å². The lowest BCUT2D eigenvalue weighted by Crippen LogP contribution is -2.45. The van der Waals surface area contributed by atoms with Gasteiger partial charge in [-0.15, -0.1) is 0 Å². The van der Waals surface area contributed by atoms with E-state index >= 15 is 0 Å². The van der Waals surface area contributed by atoms with E-state index in [0.717, 1.165) is 31.6 Å². The van der Waals surface area contributed by atoms with Crippen molar-refractivity contribution in [1.82, 2.24) is 4.90 Å². The predicted molar refractivity (Wildman–Crippen MR) is 103 cm³/mol. The van der Waals surface area contributed by atoms with Crippen LogP contribution in [-0.2, 0) is 22.4 Å². The van der Waals surface area contributed by atoms with E-state index in [4.69, 9.17) is 0 Å². The Morgan fingerprint density at radius 1 is 0.935 bits per heavy atom. The molecule has 1 aliphatic rings. The molecule has 1 N–H and O–H groups in total. The van der Waals surface area contributed by atoms with Crippen LogP contribution in [0.3, 0.4) is 0 Å². The third-order valence-electron chi connectivity index (χ3n) is 5.00. The fraction of sp³-hybridized carbons (Fsp3) is 0.400. The quantitative estimate of drug-likeness (QED) is 0.586. The molecule has 4 nitrogen and oxygen atoms in total. The third kappa shape index (κ3) is 5.51. The van der Waals surface area contributed by atoms with Crippen molar-refractivity contribution in [1.29, 1.82) is 0 Å². The van der Waals surface area contributed by atoms with Gasteiger partial charge in [-0.2, -0.15) is 26.3 Å². The van der Waals surface area contributed by atoms with E-state index in [1.807, 2.05) is 0 Å². The van der Waals surface area contributed by atoms with Crippen LogP contribution in [0.4, 0.5) is 32.0 Å². The Kier molecular flexibility index (Phi) is 6.30. The molecule has 1 heterocycles. The van der Waals surface area contributed by atoms with E-state index in [1.165, 1.54) is 12.1 Å². The molecular weight excluding hydrogens is 446 g/mol. The highest BCUT2D eigenvalue weighted by molar-refractivity contribution is 7.92. The Hall–Kier alpha value is -2.27. The second-order valence-electron chi connectivity index (χ2n) is 7.43.